The van der Waals surface area contributed by atoms with Crippen molar-refractivity contribution in [2.24, 2.45) is 0 Å². The van der Waals surface area contributed by atoms with Gasteiger partial charge in [-0.1, -0.05) is 42.0 Å². The fraction of sp³-hybridized carbons (Fsp3) is 0.238. The van der Waals surface area contributed by atoms with Crippen LogP contribution in [0.5, 0.6) is 0 Å². The summed E-state index contributed by atoms with van der Waals surface area (Å²) < 4.78 is 0. The largest absolute Gasteiger partial charge is 0.347 e. The Labute approximate surface area is 149 Å². The van der Waals surface area contributed by atoms with E-state index >= 15 is 0 Å². The van der Waals surface area contributed by atoms with Crippen molar-refractivity contribution >= 4 is 23.6 Å². The van der Waals surface area contributed by atoms with Crippen molar-refractivity contribution in [3.8, 4) is 0 Å². The van der Waals surface area contributed by atoms with E-state index in [1.165, 1.54) is 11.6 Å². The lowest BCUT2D eigenvalue weighted by Crippen LogP contribution is -2.40. The van der Waals surface area contributed by atoms with E-state index in [-0.39, 0.29) is 17.4 Å². The maximum absolute atomic E-state index is 12.4. The highest BCUT2D eigenvalue weighted by Gasteiger charge is 2.18. The molecule has 4 heteroatoms. The second-order valence-electron chi connectivity index (χ2n) is 6.98. The van der Waals surface area contributed by atoms with Gasteiger partial charge in [-0.15, -0.1) is 0 Å². The summed E-state index contributed by atoms with van der Waals surface area (Å²) in [5.41, 5.74) is 2.69. The zero-order valence-corrected chi connectivity index (χ0v) is 15.1. The molecular formula is C21H24N2O2. The molecule has 0 saturated carbocycles. The van der Waals surface area contributed by atoms with Crippen LogP contribution in [0.3, 0.4) is 0 Å². The first-order chi connectivity index (χ1) is 11.7. The Kier molecular flexibility index (Phi) is 5.75. The van der Waals surface area contributed by atoms with Crippen molar-refractivity contribution < 1.29 is 9.59 Å². The van der Waals surface area contributed by atoms with Gasteiger partial charge in [0.2, 0.25) is 5.91 Å². The van der Waals surface area contributed by atoms with Crippen LogP contribution >= 0.6 is 0 Å². The highest BCUT2D eigenvalue weighted by Crippen LogP contribution is 2.16. The molecule has 25 heavy (non-hydrogen) atoms. The summed E-state index contributed by atoms with van der Waals surface area (Å²) in [6, 6.07) is 14.8. The first kappa shape index (κ1) is 18.5. The molecule has 0 radical (unpaired) electrons. The van der Waals surface area contributed by atoms with Gasteiger partial charge in [-0.25, -0.2) is 0 Å². The van der Waals surface area contributed by atoms with Crippen LogP contribution in [0.1, 0.15) is 42.3 Å². The monoisotopic (exact) mass is 336 g/mol. The maximum atomic E-state index is 12.4. The highest BCUT2D eigenvalue weighted by molar-refractivity contribution is 6.07. The Hall–Kier alpha value is -2.88. The summed E-state index contributed by atoms with van der Waals surface area (Å²) in [6.07, 6.45) is 3.20. The molecular weight excluding hydrogens is 312 g/mol. The standard InChI is InChI=1S/C21H24N2O2/c1-15-9-11-16(12-10-15)13-14-19(24)22-18-8-6-5-7-17(18)20(25)23-21(2,3)4/h5-14H,1-4H3,(H,22,24)(H,23,25)/b14-13+. The molecule has 0 bridgehead atoms. The van der Waals surface area contributed by atoms with Crippen LogP contribution in [0, 0.1) is 6.92 Å². The third kappa shape index (κ3) is 5.92. The summed E-state index contributed by atoms with van der Waals surface area (Å²) in [4.78, 5) is 24.6. The first-order valence-electron chi connectivity index (χ1n) is 8.22. The van der Waals surface area contributed by atoms with Gasteiger partial charge >= 0.3 is 0 Å². The van der Waals surface area contributed by atoms with Gasteiger partial charge in [-0.05, 0) is 51.5 Å². The number of amides is 2. The topological polar surface area (TPSA) is 58.2 Å². The van der Waals surface area contributed by atoms with Crippen molar-refractivity contribution in [1.29, 1.82) is 0 Å². The fourth-order valence-electron chi connectivity index (χ4n) is 2.22. The van der Waals surface area contributed by atoms with E-state index in [4.69, 9.17) is 0 Å². The van der Waals surface area contributed by atoms with Gasteiger partial charge < -0.3 is 10.6 Å². The van der Waals surface area contributed by atoms with Gasteiger partial charge in [-0.3, -0.25) is 9.59 Å². The Morgan fingerprint density at radius 1 is 0.960 bits per heavy atom. The molecule has 0 heterocycles. The smallest absolute Gasteiger partial charge is 0.253 e. The third-order valence-electron chi connectivity index (χ3n) is 3.42. The molecule has 0 spiro atoms. The van der Waals surface area contributed by atoms with E-state index in [0.29, 0.717) is 11.3 Å². The average molecular weight is 336 g/mol. The lowest BCUT2D eigenvalue weighted by atomic mass is 10.1. The molecule has 130 valence electrons. The molecule has 2 N–H and O–H groups in total. The van der Waals surface area contributed by atoms with Gasteiger partial charge in [0.15, 0.2) is 0 Å². The summed E-state index contributed by atoms with van der Waals surface area (Å²) in [7, 11) is 0. The quantitative estimate of drug-likeness (QED) is 0.823. The zero-order valence-electron chi connectivity index (χ0n) is 15.1. The van der Waals surface area contributed by atoms with E-state index in [0.717, 1.165) is 5.56 Å². The number of carbonyl (C=O) groups is 2. The second-order valence-corrected chi connectivity index (χ2v) is 6.98. The number of carbonyl (C=O) groups excluding carboxylic acids is 2. The molecule has 0 saturated heterocycles. The summed E-state index contributed by atoms with van der Waals surface area (Å²) in [5.74, 6) is -0.498. The molecule has 2 rings (SSSR count). The Morgan fingerprint density at radius 3 is 2.24 bits per heavy atom. The number of benzene rings is 2. The van der Waals surface area contributed by atoms with Crippen LogP contribution in [-0.4, -0.2) is 17.4 Å². The third-order valence-corrected chi connectivity index (χ3v) is 3.42. The van der Waals surface area contributed by atoms with Crippen LogP contribution in [0.2, 0.25) is 0 Å². The fourth-order valence-corrected chi connectivity index (χ4v) is 2.22. The maximum Gasteiger partial charge on any atom is 0.253 e. The van der Waals surface area contributed by atoms with E-state index in [2.05, 4.69) is 10.6 Å². The first-order valence-corrected chi connectivity index (χ1v) is 8.22. The van der Waals surface area contributed by atoms with Crippen molar-refractivity contribution in [2.75, 3.05) is 5.32 Å². The minimum atomic E-state index is -0.348. The Bertz CT molecular complexity index is 784. The van der Waals surface area contributed by atoms with Crippen molar-refractivity contribution in [3.63, 3.8) is 0 Å². The molecule has 0 aliphatic carbocycles. The number of para-hydroxylation sites is 1. The van der Waals surface area contributed by atoms with Crippen molar-refractivity contribution in [2.45, 2.75) is 33.2 Å². The molecule has 0 aliphatic rings. The molecule has 4 nitrogen and oxygen atoms in total. The van der Waals surface area contributed by atoms with E-state index in [1.807, 2.05) is 52.0 Å². The molecule has 0 aliphatic heterocycles. The number of hydrogen-bond donors (Lipinski definition) is 2. The van der Waals surface area contributed by atoms with Gasteiger partial charge in [0.1, 0.15) is 0 Å². The van der Waals surface area contributed by atoms with Gasteiger partial charge in [0.25, 0.3) is 5.91 Å². The van der Waals surface area contributed by atoms with Gasteiger partial charge in [-0.2, -0.15) is 0 Å². The molecule has 2 amide bonds. The minimum Gasteiger partial charge on any atom is -0.347 e. The van der Waals surface area contributed by atoms with Crippen LogP contribution in [0.4, 0.5) is 5.69 Å². The molecule has 2 aromatic rings. The molecule has 2 aromatic carbocycles. The SMILES string of the molecule is Cc1ccc(/C=C/C(=O)Nc2ccccc2C(=O)NC(C)(C)C)cc1. The van der Waals surface area contributed by atoms with Crippen LogP contribution in [0.25, 0.3) is 6.08 Å². The predicted octanol–water partition coefficient (Wildman–Crippen LogP) is 4.18. The van der Waals surface area contributed by atoms with Crippen molar-refractivity contribution in [3.05, 3.63) is 71.3 Å². The molecule has 0 unspecified atom stereocenters. The molecule has 0 aromatic heterocycles. The van der Waals surface area contributed by atoms with Gasteiger partial charge in [0, 0.05) is 11.6 Å². The minimum absolute atomic E-state index is 0.217. The Morgan fingerprint density at radius 2 is 1.60 bits per heavy atom. The van der Waals surface area contributed by atoms with Crippen molar-refractivity contribution in [1.82, 2.24) is 5.32 Å². The number of nitrogens with one attached hydrogen (secondary N) is 2. The van der Waals surface area contributed by atoms with Crippen LogP contribution in [-0.2, 0) is 4.79 Å². The number of anilines is 1. The summed E-state index contributed by atoms with van der Waals surface area (Å²) in [5, 5.41) is 5.68. The molecule has 0 atom stereocenters. The van der Waals surface area contributed by atoms with Crippen LogP contribution in [0.15, 0.2) is 54.6 Å². The average Bonchev–Trinajstić information content (AvgIpc) is 2.53. The lowest BCUT2D eigenvalue weighted by Gasteiger charge is -2.21. The lowest BCUT2D eigenvalue weighted by molar-refractivity contribution is -0.111. The van der Waals surface area contributed by atoms with E-state index in [1.54, 1.807) is 30.3 Å². The summed E-state index contributed by atoms with van der Waals surface area (Å²) >= 11 is 0. The predicted molar refractivity (Wildman–Crippen MR) is 103 cm³/mol. The van der Waals surface area contributed by atoms with E-state index in [9.17, 15) is 9.59 Å². The van der Waals surface area contributed by atoms with Gasteiger partial charge in [0.05, 0.1) is 11.3 Å². The molecule has 0 fully saturated rings. The number of aryl methyl sites for hydroxylation is 1. The normalized spacial score (nSPS) is 11.4. The number of hydrogen-bond acceptors (Lipinski definition) is 2. The Balaban J connectivity index is 2.10. The number of rotatable bonds is 4. The van der Waals surface area contributed by atoms with Crippen LogP contribution < -0.4 is 10.6 Å². The highest BCUT2D eigenvalue weighted by atomic mass is 16.2. The second kappa shape index (κ2) is 7.79. The van der Waals surface area contributed by atoms with E-state index < -0.39 is 0 Å². The zero-order chi connectivity index (χ0) is 18.4. The summed E-state index contributed by atoms with van der Waals surface area (Å²) in [6.45, 7) is 7.75.